The predicted octanol–water partition coefficient (Wildman–Crippen LogP) is 0.744. The van der Waals surface area contributed by atoms with Crippen LogP contribution in [0.1, 0.15) is 18.2 Å². The summed E-state index contributed by atoms with van der Waals surface area (Å²) in [6, 6.07) is 0. The van der Waals surface area contributed by atoms with Crippen molar-refractivity contribution in [2.45, 2.75) is 19.9 Å². The maximum absolute atomic E-state index is 11.4. The van der Waals surface area contributed by atoms with E-state index in [4.69, 9.17) is 5.73 Å². The van der Waals surface area contributed by atoms with Gasteiger partial charge in [-0.1, -0.05) is 6.92 Å². The monoisotopic (exact) mass is 213 g/mol. The van der Waals surface area contributed by atoms with E-state index in [1.807, 2.05) is 6.92 Å². The van der Waals surface area contributed by atoms with Crippen molar-refractivity contribution >= 4 is 17.2 Å². The molecule has 0 aromatic carbocycles. The first-order valence-electron chi connectivity index (χ1n) is 4.59. The number of rotatable bonds is 5. The molecular weight excluding hydrogens is 198 g/mol. The fraction of sp³-hybridized carbons (Fsp3) is 0.556. The van der Waals surface area contributed by atoms with Gasteiger partial charge in [-0.25, -0.2) is 0 Å². The summed E-state index contributed by atoms with van der Waals surface area (Å²) in [5.41, 5.74) is 7.12. The van der Waals surface area contributed by atoms with Gasteiger partial charge in [0, 0.05) is 17.0 Å². The molecule has 0 saturated heterocycles. The second-order valence-electron chi connectivity index (χ2n) is 3.16. The summed E-state index contributed by atoms with van der Waals surface area (Å²) in [6.45, 7) is 3.00. The number of nitrogens with zero attached hydrogens (tertiary/aromatic N) is 1. The average molecular weight is 213 g/mol. The van der Waals surface area contributed by atoms with Crippen LogP contribution in [0, 0.1) is 5.92 Å². The van der Waals surface area contributed by atoms with Gasteiger partial charge < -0.3 is 11.1 Å². The fourth-order valence-corrected chi connectivity index (χ4v) is 1.59. The molecule has 0 bridgehead atoms. The molecule has 1 rings (SSSR count). The van der Waals surface area contributed by atoms with E-state index in [-0.39, 0.29) is 11.8 Å². The van der Waals surface area contributed by atoms with Crippen LogP contribution in [0.15, 0.2) is 11.7 Å². The summed E-state index contributed by atoms with van der Waals surface area (Å²) < 4.78 is 0. The van der Waals surface area contributed by atoms with E-state index in [0.717, 1.165) is 11.3 Å². The molecule has 1 atom stereocenters. The third kappa shape index (κ3) is 3.43. The molecule has 1 aromatic heterocycles. The number of carbonyl (C=O) groups is 1. The summed E-state index contributed by atoms with van der Waals surface area (Å²) in [6.07, 6.45) is 2.49. The summed E-state index contributed by atoms with van der Waals surface area (Å²) in [5, 5.41) is 2.85. The van der Waals surface area contributed by atoms with Gasteiger partial charge in [0.15, 0.2) is 0 Å². The zero-order valence-electron chi connectivity index (χ0n) is 8.19. The van der Waals surface area contributed by atoms with Crippen LogP contribution in [-0.2, 0) is 11.3 Å². The number of aromatic nitrogens is 1. The van der Waals surface area contributed by atoms with Crippen molar-refractivity contribution in [1.82, 2.24) is 10.3 Å². The van der Waals surface area contributed by atoms with Crippen LogP contribution in [-0.4, -0.2) is 17.4 Å². The van der Waals surface area contributed by atoms with Gasteiger partial charge >= 0.3 is 0 Å². The average Bonchev–Trinajstić information content (AvgIpc) is 2.67. The first-order chi connectivity index (χ1) is 6.74. The van der Waals surface area contributed by atoms with Gasteiger partial charge in [-0.2, -0.15) is 0 Å². The van der Waals surface area contributed by atoms with Gasteiger partial charge in [0.1, 0.15) is 0 Å². The third-order valence-corrected chi connectivity index (χ3v) is 2.75. The Morgan fingerprint density at radius 1 is 1.79 bits per heavy atom. The van der Waals surface area contributed by atoms with Crippen molar-refractivity contribution in [1.29, 1.82) is 0 Å². The Bertz CT molecular complexity index is 274. The Balaban J connectivity index is 2.27. The molecule has 1 aromatic rings. The molecule has 0 fully saturated rings. The molecule has 0 aliphatic rings. The molecule has 0 aliphatic heterocycles. The van der Waals surface area contributed by atoms with E-state index >= 15 is 0 Å². The van der Waals surface area contributed by atoms with E-state index in [1.165, 1.54) is 11.3 Å². The molecule has 0 radical (unpaired) electrons. The van der Waals surface area contributed by atoms with Crippen molar-refractivity contribution < 1.29 is 4.79 Å². The zero-order chi connectivity index (χ0) is 10.4. The fourth-order valence-electron chi connectivity index (χ4n) is 1.06. The lowest BCUT2D eigenvalue weighted by atomic mass is 10.1. The van der Waals surface area contributed by atoms with Gasteiger partial charge in [-0.05, 0) is 13.0 Å². The Morgan fingerprint density at radius 2 is 2.57 bits per heavy atom. The number of nitrogens with two attached hydrogens (primary N) is 1. The Morgan fingerprint density at radius 3 is 3.14 bits per heavy atom. The number of hydrogen-bond acceptors (Lipinski definition) is 4. The SMILES string of the molecule is CC(CCN)C(=O)NCc1cncs1. The molecule has 1 unspecified atom stereocenters. The van der Waals surface area contributed by atoms with Crippen molar-refractivity contribution in [2.75, 3.05) is 6.54 Å². The maximum Gasteiger partial charge on any atom is 0.223 e. The predicted molar refractivity (Wildman–Crippen MR) is 56.8 cm³/mol. The lowest BCUT2D eigenvalue weighted by Gasteiger charge is -2.09. The van der Waals surface area contributed by atoms with Crippen molar-refractivity contribution in [3.8, 4) is 0 Å². The van der Waals surface area contributed by atoms with E-state index in [9.17, 15) is 4.79 Å². The van der Waals surface area contributed by atoms with Crippen LogP contribution in [0.3, 0.4) is 0 Å². The minimum absolute atomic E-state index is 0.00655. The Labute approximate surface area is 87.5 Å². The Hall–Kier alpha value is -0.940. The quantitative estimate of drug-likeness (QED) is 0.758. The summed E-state index contributed by atoms with van der Waals surface area (Å²) >= 11 is 1.54. The lowest BCUT2D eigenvalue weighted by molar-refractivity contribution is -0.124. The minimum Gasteiger partial charge on any atom is -0.351 e. The summed E-state index contributed by atoms with van der Waals surface area (Å²) in [4.78, 5) is 16.4. The number of carbonyl (C=O) groups excluding carboxylic acids is 1. The third-order valence-electron chi connectivity index (χ3n) is 1.97. The second kappa shape index (κ2) is 5.72. The first kappa shape index (κ1) is 11.1. The van der Waals surface area contributed by atoms with Crippen LogP contribution in [0.25, 0.3) is 0 Å². The second-order valence-corrected chi connectivity index (χ2v) is 4.13. The zero-order valence-corrected chi connectivity index (χ0v) is 9.01. The van der Waals surface area contributed by atoms with Crippen molar-refractivity contribution in [3.63, 3.8) is 0 Å². The van der Waals surface area contributed by atoms with E-state index in [1.54, 1.807) is 11.7 Å². The van der Waals surface area contributed by atoms with E-state index < -0.39 is 0 Å². The Kier molecular flexibility index (Phi) is 4.55. The molecule has 4 nitrogen and oxygen atoms in total. The molecule has 0 saturated carbocycles. The molecule has 14 heavy (non-hydrogen) atoms. The van der Waals surface area contributed by atoms with Crippen LogP contribution in [0.5, 0.6) is 0 Å². The molecule has 5 heteroatoms. The molecule has 0 spiro atoms. The highest BCUT2D eigenvalue weighted by Gasteiger charge is 2.10. The lowest BCUT2D eigenvalue weighted by Crippen LogP contribution is -2.29. The molecule has 3 N–H and O–H groups in total. The van der Waals surface area contributed by atoms with Gasteiger partial charge in [-0.3, -0.25) is 9.78 Å². The van der Waals surface area contributed by atoms with Gasteiger partial charge in [0.05, 0.1) is 12.1 Å². The topological polar surface area (TPSA) is 68.0 Å². The number of hydrogen-bond donors (Lipinski definition) is 2. The molecule has 78 valence electrons. The highest BCUT2D eigenvalue weighted by atomic mass is 32.1. The molecule has 1 amide bonds. The molecule has 1 heterocycles. The maximum atomic E-state index is 11.4. The summed E-state index contributed by atoms with van der Waals surface area (Å²) in [5.74, 6) is 0.0526. The summed E-state index contributed by atoms with van der Waals surface area (Å²) in [7, 11) is 0. The number of amides is 1. The normalized spacial score (nSPS) is 12.4. The van der Waals surface area contributed by atoms with Crippen LogP contribution in [0.2, 0.25) is 0 Å². The first-order valence-corrected chi connectivity index (χ1v) is 5.47. The van der Waals surface area contributed by atoms with Crippen molar-refractivity contribution in [2.24, 2.45) is 11.7 Å². The smallest absolute Gasteiger partial charge is 0.223 e. The van der Waals surface area contributed by atoms with Crippen LogP contribution < -0.4 is 11.1 Å². The van der Waals surface area contributed by atoms with Gasteiger partial charge in [0.2, 0.25) is 5.91 Å². The molecular formula is C9H15N3OS. The minimum atomic E-state index is -0.00655. The van der Waals surface area contributed by atoms with Gasteiger partial charge in [-0.15, -0.1) is 11.3 Å². The number of nitrogens with one attached hydrogen (secondary N) is 1. The van der Waals surface area contributed by atoms with E-state index in [2.05, 4.69) is 10.3 Å². The van der Waals surface area contributed by atoms with Gasteiger partial charge in [0.25, 0.3) is 0 Å². The number of thiazole rings is 1. The largest absolute Gasteiger partial charge is 0.351 e. The van der Waals surface area contributed by atoms with E-state index in [0.29, 0.717) is 13.1 Å². The highest BCUT2D eigenvalue weighted by molar-refractivity contribution is 7.09. The standard InChI is InChI=1S/C9H15N3OS/c1-7(2-3-10)9(13)12-5-8-4-11-6-14-8/h4,6-7H,2-3,5,10H2,1H3,(H,12,13). The highest BCUT2D eigenvalue weighted by Crippen LogP contribution is 2.05. The van der Waals surface area contributed by atoms with Crippen molar-refractivity contribution in [3.05, 3.63) is 16.6 Å². The molecule has 0 aliphatic carbocycles. The van der Waals surface area contributed by atoms with Crippen LogP contribution >= 0.6 is 11.3 Å². The van der Waals surface area contributed by atoms with Crippen LogP contribution in [0.4, 0.5) is 0 Å².